The Bertz CT molecular complexity index is 1130. The predicted octanol–water partition coefficient (Wildman–Crippen LogP) is 0.531. The predicted molar refractivity (Wildman–Crippen MR) is 103 cm³/mol. The van der Waals surface area contributed by atoms with Gasteiger partial charge in [0, 0.05) is 29.6 Å². The number of aromatic nitrogens is 6. The number of nitrogens with one attached hydrogen (secondary N) is 3. The van der Waals surface area contributed by atoms with E-state index in [2.05, 4.69) is 41.0 Å². The zero-order valence-electron chi connectivity index (χ0n) is 15.3. The molecule has 0 atom stereocenters. The van der Waals surface area contributed by atoms with E-state index in [1.807, 2.05) is 0 Å². The summed E-state index contributed by atoms with van der Waals surface area (Å²) in [6.07, 6.45) is 10.4. The van der Waals surface area contributed by atoms with Crippen molar-refractivity contribution < 1.29 is 9.59 Å². The second kappa shape index (κ2) is 6.93. The minimum absolute atomic E-state index is 0.0478. The van der Waals surface area contributed by atoms with Gasteiger partial charge in [0.05, 0.1) is 31.1 Å². The minimum atomic E-state index is -0.388. The molecule has 11 nitrogen and oxygen atoms in total. The molecular weight excluding hydrogens is 374 g/mol. The van der Waals surface area contributed by atoms with Crippen LogP contribution < -0.4 is 16.0 Å². The van der Waals surface area contributed by atoms with E-state index in [0.29, 0.717) is 41.3 Å². The van der Waals surface area contributed by atoms with Crippen molar-refractivity contribution >= 4 is 35.4 Å². The van der Waals surface area contributed by atoms with Crippen molar-refractivity contribution in [1.29, 1.82) is 0 Å². The van der Waals surface area contributed by atoms with Crippen LogP contribution in [0.2, 0.25) is 0 Å². The topological polar surface area (TPSA) is 139 Å². The first-order valence-electron chi connectivity index (χ1n) is 9.21. The molecule has 0 spiro atoms. The number of anilines is 2. The molecule has 146 valence electrons. The Labute approximate surface area is 164 Å². The largest absolute Gasteiger partial charge is 0.351 e. The Morgan fingerprint density at radius 3 is 2.83 bits per heavy atom. The zero-order chi connectivity index (χ0) is 19.8. The number of amides is 2. The third-order valence-corrected chi connectivity index (χ3v) is 4.58. The number of carbonyl (C=O) groups is 2. The smallest absolute Gasteiger partial charge is 0.254 e. The van der Waals surface area contributed by atoms with Gasteiger partial charge in [0.1, 0.15) is 0 Å². The highest BCUT2D eigenvalue weighted by Gasteiger charge is 2.26. The summed E-state index contributed by atoms with van der Waals surface area (Å²) < 4.78 is 1.60. The molecule has 4 heterocycles. The average molecular weight is 391 g/mol. The van der Waals surface area contributed by atoms with Crippen LogP contribution in [-0.4, -0.2) is 47.4 Å². The van der Waals surface area contributed by atoms with E-state index < -0.39 is 0 Å². The third kappa shape index (κ3) is 3.61. The first-order valence-corrected chi connectivity index (χ1v) is 9.21. The number of hydrogen-bond acceptors (Lipinski definition) is 9. The Morgan fingerprint density at radius 2 is 2.10 bits per heavy atom. The summed E-state index contributed by atoms with van der Waals surface area (Å²) in [6, 6.07) is 0.366. The molecule has 0 unspecified atom stereocenters. The summed E-state index contributed by atoms with van der Waals surface area (Å²) in [5.41, 5.74) is 2.30. The number of hydrogen-bond donors (Lipinski definition) is 3. The molecule has 1 saturated carbocycles. The molecule has 5 rings (SSSR count). The molecule has 0 aromatic carbocycles. The Morgan fingerprint density at radius 1 is 1.21 bits per heavy atom. The van der Waals surface area contributed by atoms with Crippen LogP contribution in [0, 0.1) is 0 Å². The van der Waals surface area contributed by atoms with Gasteiger partial charge < -0.3 is 10.6 Å². The lowest BCUT2D eigenvalue weighted by Crippen LogP contribution is -2.19. The van der Waals surface area contributed by atoms with E-state index in [9.17, 15) is 9.59 Å². The molecule has 2 aliphatic rings. The van der Waals surface area contributed by atoms with Crippen LogP contribution in [0.4, 0.5) is 11.9 Å². The van der Waals surface area contributed by atoms with Gasteiger partial charge in [-0.05, 0) is 18.9 Å². The van der Waals surface area contributed by atoms with Crippen molar-refractivity contribution in [3.63, 3.8) is 0 Å². The molecule has 1 saturated heterocycles. The summed E-state index contributed by atoms with van der Waals surface area (Å²) in [5, 5.41) is 13.1. The lowest BCUT2D eigenvalue weighted by atomic mass is 10.1. The molecule has 11 heteroatoms. The van der Waals surface area contributed by atoms with E-state index in [4.69, 9.17) is 0 Å². The maximum atomic E-state index is 11.9. The molecule has 2 amide bonds. The number of fused-ring (bicyclic) bond motifs is 1. The molecule has 0 radical (unpaired) electrons. The molecule has 2 fully saturated rings. The SMILES string of the molecule is O=C1C/C(=C\c2cnn3c(NC4CC4)nc(NCc4cnccn4)nc23)C(=O)N1. The molecule has 3 aromatic rings. The van der Waals surface area contributed by atoms with Crippen LogP contribution in [0.25, 0.3) is 11.7 Å². The van der Waals surface area contributed by atoms with Crippen LogP contribution >= 0.6 is 0 Å². The number of rotatable bonds is 6. The molecule has 1 aliphatic carbocycles. The van der Waals surface area contributed by atoms with E-state index in [1.165, 1.54) is 0 Å². The first-order chi connectivity index (χ1) is 14.2. The van der Waals surface area contributed by atoms with Gasteiger partial charge in [-0.25, -0.2) is 0 Å². The maximum Gasteiger partial charge on any atom is 0.254 e. The first kappa shape index (κ1) is 17.2. The van der Waals surface area contributed by atoms with Crippen LogP contribution in [0.15, 0.2) is 30.4 Å². The van der Waals surface area contributed by atoms with Crippen LogP contribution in [0.1, 0.15) is 30.5 Å². The minimum Gasteiger partial charge on any atom is -0.351 e. The second-order valence-corrected chi connectivity index (χ2v) is 6.90. The van der Waals surface area contributed by atoms with Crippen molar-refractivity contribution in [3.8, 4) is 0 Å². The summed E-state index contributed by atoms with van der Waals surface area (Å²) in [4.78, 5) is 40.7. The van der Waals surface area contributed by atoms with Crippen LogP contribution in [0.3, 0.4) is 0 Å². The van der Waals surface area contributed by atoms with E-state index in [0.717, 1.165) is 18.5 Å². The van der Waals surface area contributed by atoms with E-state index in [-0.39, 0.29) is 18.2 Å². The van der Waals surface area contributed by atoms with Crippen molar-refractivity contribution in [2.45, 2.75) is 31.8 Å². The Kier molecular flexibility index (Phi) is 4.12. The van der Waals surface area contributed by atoms with Crippen molar-refractivity contribution in [3.05, 3.63) is 41.6 Å². The van der Waals surface area contributed by atoms with E-state index >= 15 is 0 Å². The standard InChI is InChI=1S/C18H17N9O2/c28-14-6-10(16(29)24-14)5-11-7-22-27-15(11)25-17(26-18(27)23-12-1-2-12)21-9-13-8-19-3-4-20-13/h3-5,7-8,12H,1-2,6,9H2,(H,24,28,29)(H2,21,23,25,26)/b10-5+. The van der Waals surface area contributed by atoms with Gasteiger partial charge in [0.25, 0.3) is 5.91 Å². The lowest BCUT2D eigenvalue weighted by molar-refractivity contribution is -0.124. The molecule has 1 aliphatic heterocycles. The summed E-state index contributed by atoms with van der Waals surface area (Å²) in [6.45, 7) is 0.411. The molecule has 29 heavy (non-hydrogen) atoms. The van der Waals surface area contributed by atoms with Crippen molar-refractivity contribution in [2.75, 3.05) is 10.6 Å². The Hall–Kier alpha value is -3.89. The fraction of sp³-hybridized carbons (Fsp3) is 0.278. The van der Waals surface area contributed by atoms with Gasteiger partial charge in [-0.2, -0.15) is 19.6 Å². The normalized spacial score (nSPS) is 17.7. The summed E-state index contributed by atoms with van der Waals surface area (Å²) in [5.74, 6) is 0.268. The lowest BCUT2D eigenvalue weighted by Gasteiger charge is -2.10. The number of carbonyl (C=O) groups excluding carboxylic acids is 2. The van der Waals surface area contributed by atoms with Gasteiger partial charge in [0.15, 0.2) is 5.65 Å². The maximum absolute atomic E-state index is 11.9. The quantitative estimate of drug-likeness (QED) is 0.405. The second-order valence-electron chi connectivity index (χ2n) is 6.90. The summed E-state index contributed by atoms with van der Waals surface area (Å²) in [7, 11) is 0. The highest BCUT2D eigenvalue weighted by Crippen LogP contribution is 2.26. The monoisotopic (exact) mass is 391 g/mol. The fourth-order valence-electron chi connectivity index (χ4n) is 2.98. The van der Waals surface area contributed by atoms with Gasteiger partial charge in [-0.1, -0.05) is 0 Å². The van der Waals surface area contributed by atoms with Gasteiger partial charge in [-0.3, -0.25) is 24.9 Å². The summed E-state index contributed by atoms with van der Waals surface area (Å²) >= 11 is 0. The van der Waals surface area contributed by atoms with Gasteiger partial charge in [-0.15, -0.1) is 0 Å². The number of nitrogens with zero attached hydrogens (tertiary/aromatic N) is 6. The molecular formula is C18H17N9O2. The fourth-order valence-corrected chi connectivity index (χ4v) is 2.98. The third-order valence-electron chi connectivity index (χ3n) is 4.58. The Balaban J connectivity index is 1.51. The number of imide groups is 1. The van der Waals surface area contributed by atoms with E-state index in [1.54, 1.807) is 35.4 Å². The van der Waals surface area contributed by atoms with Crippen molar-refractivity contribution in [1.82, 2.24) is 34.9 Å². The van der Waals surface area contributed by atoms with Gasteiger partial charge in [0.2, 0.25) is 17.8 Å². The zero-order valence-corrected chi connectivity index (χ0v) is 15.3. The highest BCUT2D eigenvalue weighted by atomic mass is 16.2. The van der Waals surface area contributed by atoms with Crippen molar-refractivity contribution in [2.24, 2.45) is 0 Å². The highest BCUT2D eigenvalue weighted by molar-refractivity contribution is 6.15. The van der Waals surface area contributed by atoms with Crippen LogP contribution in [0.5, 0.6) is 0 Å². The van der Waals surface area contributed by atoms with Crippen LogP contribution in [-0.2, 0) is 16.1 Å². The van der Waals surface area contributed by atoms with Gasteiger partial charge >= 0.3 is 0 Å². The molecule has 0 bridgehead atoms. The molecule has 3 N–H and O–H groups in total. The average Bonchev–Trinajstić information content (AvgIpc) is 3.36. The molecule has 3 aromatic heterocycles.